The topological polar surface area (TPSA) is 90.9 Å². The maximum atomic E-state index is 13.5. The maximum Gasteiger partial charge on any atom is 0.319 e. The molecule has 1 amide bonds. The second-order valence-electron chi connectivity index (χ2n) is 8.13. The van der Waals surface area contributed by atoms with Gasteiger partial charge in [-0.05, 0) is 38.0 Å². The average Bonchev–Trinajstić information content (AvgIpc) is 2.80. The first-order valence-electron chi connectivity index (χ1n) is 10.6. The predicted octanol–water partition coefficient (Wildman–Crippen LogP) is 2.76. The molecule has 0 N–H and O–H groups in total. The normalized spacial score (nSPS) is 20.4. The number of methoxy groups -OCH3 is 2. The molecule has 1 aromatic carbocycles. The number of piperidine rings is 1. The van der Waals surface area contributed by atoms with Crippen molar-refractivity contribution in [3.05, 3.63) is 40.8 Å². The van der Waals surface area contributed by atoms with Crippen molar-refractivity contribution < 1.29 is 28.2 Å². The summed E-state index contributed by atoms with van der Waals surface area (Å²) in [6.07, 6.45) is 1.62. The molecule has 2 aliphatic rings. The van der Waals surface area contributed by atoms with Gasteiger partial charge in [-0.1, -0.05) is 0 Å². The van der Waals surface area contributed by atoms with Gasteiger partial charge in [0.05, 0.1) is 31.9 Å². The van der Waals surface area contributed by atoms with Gasteiger partial charge in [0.1, 0.15) is 17.7 Å². The Kier molecular flexibility index (Phi) is 6.25. The molecule has 2 atom stereocenters. The zero-order valence-corrected chi connectivity index (χ0v) is 18.4. The number of hydrogen-bond acceptors (Lipinski definition) is 7. The molecule has 2 aliphatic heterocycles. The Morgan fingerprint density at radius 3 is 2.84 bits per heavy atom. The molecule has 0 saturated carbocycles. The minimum atomic E-state index is -0.457. The Morgan fingerprint density at radius 2 is 2.09 bits per heavy atom. The number of halogens is 1. The number of amides is 1. The number of fused-ring (bicyclic) bond motifs is 1. The zero-order valence-electron chi connectivity index (χ0n) is 18.4. The van der Waals surface area contributed by atoms with Crippen molar-refractivity contribution >= 4 is 11.7 Å². The molecule has 3 heterocycles. The van der Waals surface area contributed by atoms with E-state index in [9.17, 15) is 14.0 Å². The Labute approximate surface area is 185 Å². The second kappa shape index (κ2) is 9.10. The van der Waals surface area contributed by atoms with Crippen LogP contribution in [0, 0.1) is 18.7 Å². The van der Waals surface area contributed by atoms with Crippen LogP contribution in [0.3, 0.4) is 0 Å². The number of benzene rings is 1. The molecule has 9 heteroatoms. The fourth-order valence-corrected chi connectivity index (χ4v) is 4.39. The van der Waals surface area contributed by atoms with Crippen molar-refractivity contribution in [2.45, 2.75) is 38.7 Å². The van der Waals surface area contributed by atoms with Crippen LogP contribution in [0.2, 0.25) is 0 Å². The third-order valence-electron chi connectivity index (χ3n) is 6.10. The number of hydrogen-bond donors (Lipinski definition) is 0. The molecular formula is C23H26FN3O5. The van der Waals surface area contributed by atoms with E-state index in [1.165, 1.54) is 32.4 Å². The van der Waals surface area contributed by atoms with Gasteiger partial charge in [-0.15, -0.1) is 0 Å². The van der Waals surface area contributed by atoms with Crippen LogP contribution in [0.1, 0.15) is 40.9 Å². The maximum absolute atomic E-state index is 13.5. The standard InChI is InChI=1S/C23H26FN3O5/c1-13-16(22(30-2)26-23(25-13)31-3)10-21(29)27-8-4-5-14(12-27)20-11-18(28)17-9-15(24)6-7-19(17)32-20/h6-7,9,14,20H,4-5,8,10-12H2,1-3H3/t14-,20+/m1/s1. The van der Waals surface area contributed by atoms with Gasteiger partial charge in [0.2, 0.25) is 11.8 Å². The molecule has 0 spiro atoms. The van der Waals surface area contributed by atoms with E-state index in [0.717, 1.165) is 12.8 Å². The van der Waals surface area contributed by atoms with E-state index in [-0.39, 0.29) is 48.1 Å². The van der Waals surface area contributed by atoms with Crippen molar-refractivity contribution in [2.24, 2.45) is 5.92 Å². The van der Waals surface area contributed by atoms with Gasteiger partial charge in [0, 0.05) is 31.0 Å². The molecule has 0 unspecified atom stereocenters. The van der Waals surface area contributed by atoms with E-state index < -0.39 is 5.82 Å². The highest BCUT2D eigenvalue weighted by atomic mass is 19.1. The monoisotopic (exact) mass is 443 g/mol. The van der Waals surface area contributed by atoms with E-state index in [1.54, 1.807) is 11.8 Å². The Hall–Kier alpha value is -3.23. The van der Waals surface area contributed by atoms with Crippen LogP contribution in [0.4, 0.5) is 4.39 Å². The summed E-state index contributed by atoms with van der Waals surface area (Å²) in [5.74, 6) is 0.101. The summed E-state index contributed by atoms with van der Waals surface area (Å²) >= 11 is 0. The SMILES string of the molecule is COc1nc(C)c(CC(=O)N2CCC[C@@H]([C@@H]3CC(=O)c4cc(F)ccc4O3)C2)c(OC)n1. The largest absolute Gasteiger partial charge is 0.489 e. The molecule has 0 radical (unpaired) electrons. The first-order valence-corrected chi connectivity index (χ1v) is 10.6. The summed E-state index contributed by atoms with van der Waals surface area (Å²) in [6, 6.07) is 4.20. The molecule has 4 rings (SSSR count). The van der Waals surface area contributed by atoms with Crippen molar-refractivity contribution in [3.63, 3.8) is 0 Å². The number of carbonyl (C=O) groups excluding carboxylic acids is 2. The quantitative estimate of drug-likeness (QED) is 0.702. The molecule has 0 bridgehead atoms. The fourth-order valence-electron chi connectivity index (χ4n) is 4.39. The number of aryl methyl sites for hydroxylation is 1. The number of nitrogens with zero attached hydrogens (tertiary/aromatic N) is 3. The van der Waals surface area contributed by atoms with E-state index in [2.05, 4.69) is 9.97 Å². The molecule has 1 fully saturated rings. The van der Waals surface area contributed by atoms with Crippen LogP contribution in [0.5, 0.6) is 17.6 Å². The van der Waals surface area contributed by atoms with Crippen LogP contribution in [-0.4, -0.2) is 60.0 Å². The highest BCUT2D eigenvalue weighted by Gasteiger charge is 2.36. The smallest absolute Gasteiger partial charge is 0.319 e. The Morgan fingerprint density at radius 1 is 1.28 bits per heavy atom. The molecule has 1 aromatic heterocycles. The van der Waals surface area contributed by atoms with Crippen LogP contribution < -0.4 is 14.2 Å². The summed E-state index contributed by atoms with van der Waals surface area (Å²) < 4.78 is 29.9. The molecule has 32 heavy (non-hydrogen) atoms. The number of Topliss-reactive ketones (excluding diaryl/α,β-unsaturated/α-hetero) is 1. The lowest BCUT2D eigenvalue weighted by Gasteiger charge is -2.38. The number of carbonyl (C=O) groups is 2. The summed E-state index contributed by atoms with van der Waals surface area (Å²) in [4.78, 5) is 35.9. The van der Waals surface area contributed by atoms with Crippen LogP contribution in [0.15, 0.2) is 18.2 Å². The van der Waals surface area contributed by atoms with Crippen LogP contribution in [-0.2, 0) is 11.2 Å². The molecule has 170 valence electrons. The molecular weight excluding hydrogens is 417 g/mol. The fraction of sp³-hybridized carbons (Fsp3) is 0.478. The number of rotatable bonds is 5. The highest BCUT2D eigenvalue weighted by molar-refractivity contribution is 5.99. The lowest BCUT2D eigenvalue weighted by molar-refractivity contribution is -0.133. The van der Waals surface area contributed by atoms with Gasteiger partial charge < -0.3 is 19.1 Å². The van der Waals surface area contributed by atoms with E-state index >= 15 is 0 Å². The van der Waals surface area contributed by atoms with Crippen molar-refractivity contribution in [2.75, 3.05) is 27.3 Å². The summed E-state index contributed by atoms with van der Waals surface area (Å²) in [5.41, 5.74) is 1.54. The van der Waals surface area contributed by atoms with Gasteiger partial charge in [-0.25, -0.2) is 9.37 Å². The lowest BCUT2D eigenvalue weighted by atomic mass is 9.86. The number of ether oxygens (including phenoxy) is 3. The third kappa shape index (κ3) is 4.37. The first kappa shape index (κ1) is 22.0. The first-order chi connectivity index (χ1) is 15.4. The zero-order chi connectivity index (χ0) is 22.8. The van der Waals surface area contributed by atoms with Gasteiger partial charge in [-0.3, -0.25) is 9.59 Å². The van der Waals surface area contributed by atoms with Crippen LogP contribution in [0.25, 0.3) is 0 Å². The second-order valence-corrected chi connectivity index (χ2v) is 8.13. The molecule has 2 aromatic rings. The van der Waals surface area contributed by atoms with Crippen molar-refractivity contribution in [3.8, 4) is 17.6 Å². The van der Waals surface area contributed by atoms with Gasteiger partial charge in [0.25, 0.3) is 0 Å². The van der Waals surface area contributed by atoms with E-state index in [0.29, 0.717) is 36.0 Å². The minimum Gasteiger partial charge on any atom is -0.489 e. The van der Waals surface area contributed by atoms with Gasteiger partial charge >= 0.3 is 6.01 Å². The average molecular weight is 443 g/mol. The number of aromatic nitrogens is 2. The highest BCUT2D eigenvalue weighted by Crippen LogP contribution is 2.34. The Bertz CT molecular complexity index is 1040. The summed E-state index contributed by atoms with van der Waals surface area (Å²) in [6.45, 7) is 2.91. The van der Waals surface area contributed by atoms with E-state index in [4.69, 9.17) is 14.2 Å². The molecule has 8 nitrogen and oxygen atoms in total. The van der Waals surface area contributed by atoms with E-state index in [1.807, 2.05) is 0 Å². The molecule has 0 aliphatic carbocycles. The molecule has 1 saturated heterocycles. The number of likely N-dealkylation sites (tertiary alicyclic amines) is 1. The minimum absolute atomic E-state index is 0.0185. The van der Waals surface area contributed by atoms with Crippen molar-refractivity contribution in [1.29, 1.82) is 0 Å². The third-order valence-corrected chi connectivity index (χ3v) is 6.10. The number of ketones is 1. The van der Waals surface area contributed by atoms with Gasteiger partial charge in [-0.2, -0.15) is 4.98 Å². The predicted molar refractivity (Wildman–Crippen MR) is 113 cm³/mol. The summed E-state index contributed by atoms with van der Waals surface area (Å²) in [5, 5.41) is 0. The van der Waals surface area contributed by atoms with Gasteiger partial charge in [0.15, 0.2) is 5.78 Å². The Balaban J connectivity index is 1.46. The lowest BCUT2D eigenvalue weighted by Crippen LogP contribution is -2.47. The summed E-state index contributed by atoms with van der Waals surface area (Å²) in [7, 11) is 2.97. The van der Waals surface area contributed by atoms with Crippen molar-refractivity contribution in [1.82, 2.24) is 14.9 Å². The van der Waals surface area contributed by atoms with Crippen LogP contribution >= 0.6 is 0 Å².